The molecule has 0 bridgehead atoms. The number of hydrogen-bond acceptors (Lipinski definition) is 7. The minimum absolute atomic E-state index is 0.0313. The summed E-state index contributed by atoms with van der Waals surface area (Å²) in [6, 6.07) is 6.09. The number of carbonyl (C=O) groups is 1. The second kappa shape index (κ2) is 9.97. The maximum Gasteiger partial charge on any atom is 0.174 e. The number of fused-ring (bicyclic) bond motifs is 1. The Balaban J connectivity index is 2.07. The molecule has 0 aromatic heterocycles. The first-order chi connectivity index (χ1) is 15.9. The second-order valence-electron chi connectivity index (χ2n) is 9.54. The summed E-state index contributed by atoms with van der Waals surface area (Å²) in [4.78, 5) is 13.3. The van der Waals surface area contributed by atoms with Crippen molar-refractivity contribution in [3.8, 4) is 28.7 Å². The first-order valence-corrected chi connectivity index (χ1v) is 11.3. The number of carbonyl (C=O) groups excluding carboxylic acids is 1. The van der Waals surface area contributed by atoms with Crippen molar-refractivity contribution in [3.05, 3.63) is 53.1 Å². The van der Waals surface area contributed by atoms with Crippen molar-refractivity contribution in [3.63, 3.8) is 0 Å². The van der Waals surface area contributed by atoms with E-state index in [4.69, 9.17) is 14.2 Å². The van der Waals surface area contributed by atoms with E-state index in [0.29, 0.717) is 41.7 Å². The summed E-state index contributed by atoms with van der Waals surface area (Å²) in [6.07, 6.45) is 0.979. The molecule has 7 nitrogen and oxygen atoms in total. The predicted octanol–water partition coefficient (Wildman–Crippen LogP) is 5.11. The molecule has 1 aliphatic rings. The van der Waals surface area contributed by atoms with Gasteiger partial charge in [-0.15, -0.1) is 0 Å². The molecule has 7 heteroatoms. The average Bonchev–Trinajstić information content (AvgIpc) is 2.76. The van der Waals surface area contributed by atoms with E-state index in [1.54, 1.807) is 19.9 Å². The van der Waals surface area contributed by atoms with Crippen molar-refractivity contribution in [2.75, 3.05) is 14.2 Å². The Morgan fingerprint density at radius 3 is 2.47 bits per heavy atom. The lowest BCUT2D eigenvalue weighted by atomic mass is 9.84. The molecule has 184 valence electrons. The van der Waals surface area contributed by atoms with E-state index in [1.807, 2.05) is 6.92 Å². The topological polar surface area (TPSA) is 105 Å². The summed E-state index contributed by atoms with van der Waals surface area (Å²) in [7, 11) is 2.92. The molecule has 3 N–H and O–H groups in total. The van der Waals surface area contributed by atoms with E-state index in [1.165, 1.54) is 32.4 Å². The van der Waals surface area contributed by atoms with Gasteiger partial charge in [-0.2, -0.15) is 0 Å². The highest BCUT2D eigenvalue weighted by Gasteiger charge is 2.36. The van der Waals surface area contributed by atoms with Crippen molar-refractivity contribution >= 4 is 5.78 Å². The molecule has 0 fully saturated rings. The molecule has 0 aliphatic carbocycles. The van der Waals surface area contributed by atoms with Crippen molar-refractivity contribution in [1.29, 1.82) is 0 Å². The van der Waals surface area contributed by atoms with Crippen molar-refractivity contribution < 1.29 is 34.3 Å². The number of aliphatic hydroxyl groups is 1. The van der Waals surface area contributed by atoms with Gasteiger partial charge in [-0.05, 0) is 58.1 Å². The number of Topliss-reactive ketones (excluding diaryl/α,β-unsaturated/α-hetero) is 1. The van der Waals surface area contributed by atoms with Gasteiger partial charge in [0, 0.05) is 23.3 Å². The number of ketones is 1. The fourth-order valence-corrected chi connectivity index (χ4v) is 4.31. The third kappa shape index (κ3) is 5.47. The summed E-state index contributed by atoms with van der Waals surface area (Å²) in [5.74, 6) is 0.721. The Labute approximate surface area is 200 Å². The smallest absolute Gasteiger partial charge is 0.174 e. The molecule has 0 radical (unpaired) electrons. The zero-order chi connectivity index (χ0) is 25.2. The largest absolute Gasteiger partial charge is 0.508 e. The van der Waals surface area contributed by atoms with Crippen molar-refractivity contribution in [2.24, 2.45) is 5.92 Å². The molecule has 2 unspecified atom stereocenters. The molecule has 2 aromatic carbocycles. The first-order valence-electron chi connectivity index (χ1n) is 11.3. The quantitative estimate of drug-likeness (QED) is 0.438. The SMILES string of the molecule is C=C(C)C(CCC(C)(C)O)Cc1c(O)cc(OC)c2c1OC(c1ccc(O)cc1OC)CC2=O. The van der Waals surface area contributed by atoms with Crippen LogP contribution in [0.3, 0.4) is 0 Å². The fourth-order valence-electron chi connectivity index (χ4n) is 4.31. The highest BCUT2D eigenvalue weighted by Crippen LogP contribution is 2.48. The van der Waals surface area contributed by atoms with Crippen LogP contribution in [0.15, 0.2) is 36.4 Å². The number of benzene rings is 2. The Hall–Kier alpha value is -3.19. The van der Waals surface area contributed by atoms with Gasteiger partial charge >= 0.3 is 0 Å². The van der Waals surface area contributed by atoms with Crippen LogP contribution in [0.1, 0.15) is 67.6 Å². The molecule has 3 rings (SSSR count). The lowest BCUT2D eigenvalue weighted by Crippen LogP contribution is -2.24. The highest BCUT2D eigenvalue weighted by molar-refractivity contribution is 6.03. The Morgan fingerprint density at radius 2 is 1.88 bits per heavy atom. The summed E-state index contributed by atoms with van der Waals surface area (Å²) in [6.45, 7) is 9.53. The van der Waals surface area contributed by atoms with Crippen molar-refractivity contribution in [2.45, 2.75) is 58.2 Å². The number of rotatable bonds is 9. The van der Waals surface area contributed by atoms with Gasteiger partial charge in [0.25, 0.3) is 0 Å². The van der Waals surface area contributed by atoms with Gasteiger partial charge in [-0.1, -0.05) is 12.2 Å². The Bertz CT molecular complexity index is 1080. The van der Waals surface area contributed by atoms with Gasteiger partial charge in [-0.3, -0.25) is 4.79 Å². The van der Waals surface area contributed by atoms with E-state index < -0.39 is 11.7 Å². The minimum atomic E-state index is -0.831. The molecule has 0 amide bonds. The Morgan fingerprint density at radius 1 is 1.21 bits per heavy atom. The van der Waals surface area contributed by atoms with Crippen LogP contribution in [0.5, 0.6) is 28.7 Å². The molecule has 2 aromatic rings. The summed E-state index contributed by atoms with van der Waals surface area (Å²) in [5, 5.41) is 30.9. The van der Waals surface area contributed by atoms with Crippen LogP contribution in [0.25, 0.3) is 0 Å². The molecule has 1 heterocycles. The molecule has 2 atom stereocenters. The van der Waals surface area contributed by atoms with Gasteiger partial charge in [0.2, 0.25) is 0 Å². The number of aromatic hydroxyl groups is 2. The molecule has 0 spiro atoms. The number of phenolic OH excluding ortho intramolecular Hbond substituents is 2. The lowest BCUT2D eigenvalue weighted by molar-refractivity contribution is 0.0650. The average molecular weight is 471 g/mol. The van der Waals surface area contributed by atoms with Gasteiger partial charge in [0.15, 0.2) is 5.78 Å². The van der Waals surface area contributed by atoms with Crippen LogP contribution >= 0.6 is 0 Å². The molecular formula is C27H34O7. The number of methoxy groups -OCH3 is 2. The third-order valence-corrected chi connectivity index (χ3v) is 6.27. The summed E-state index contributed by atoms with van der Waals surface area (Å²) in [5.41, 5.74) is 1.49. The zero-order valence-electron chi connectivity index (χ0n) is 20.5. The van der Waals surface area contributed by atoms with Crippen LogP contribution in [0, 0.1) is 5.92 Å². The van der Waals surface area contributed by atoms with E-state index in [0.717, 1.165) is 5.57 Å². The third-order valence-electron chi connectivity index (χ3n) is 6.27. The maximum absolute atomic E-state index is 13.3. The van der Waals surface area contributed by atoms with Gasteiger partial charge < -0.3 is 29.5 Å². The molecule has 1 aliphatic heterocycles. The standard InChI is InChI=1S/C27H34O7/c1-15(2)16(9-10-27(3,4)31)11-19-20(29)13-24(33-6)25-21(30)14-23(34-26(19)25)18-8-7-17(28)12-22(18)32-5/h7-8,12-13,16,23,28-29,31H,1,9-11,14H2,2-6H3. The van der Waals surface area contributed by atoms with Gasteiger partial charge in [-0.25, -0.2) is 0 Å². The summed E-state index contributed by atoms with van der Waals surface area (Å²) >= 11 is 0. The first kappa shape index (κ1) is 25.4. The van der Waals surface area contributed by atoms with Crippen LogP contribution in [0.2, 0.25) is 0 Å². The van der Waals surface area contributed by atoms with E-state index in [-0.39, 0.29) is 41.1 Å². The number of ether oxygens (including phenoxy) is 3. The molecule has 0 saturated carbocycles. The lowest BCUT2D eigenvalue weighted by Gasteiger charge is -2.31. The number of allylic oxidation sites excluding steroid dienone is 1. The van der Waals surface area contributed by atoms with E-state index in [9.17, 15) is 20.1 Å². The van der Waals surface area contributed by atoms with Crippen LogP contribution in [-0.4, -0.2) is 40.9 Å². The normalized spacial score (nSPS) is 16.4. The molecular weight excluding hydrogens is 436 g/mol. The fraction of sp³-hybridized carbons (Fsp3) is 0.444. The predicted molar refractivity (Wildman–Crippen MR) is 129 cm³/mol. The van der Waals surface area contributed by atoms with Gasteiger partial charge in [0.1, 0.15) is 40.4 Å². The Kier molecular flexibility index (Phi) is 7.46. The van der Waals surface area contributed by atoms with Crippen LogP contribution in [0.4, 0.5) is 0 Å². The second-order valence-corrected chi connectivity index (χ2v) is 9.54. The van der Waals surface area contributed by atoms with Gasteiger partial charge in [0.05, 0.1) is 26.2 Å². The molecule has 0 saturated heterocycles. The summed E-state index contributed by atoms with van der Waals surface area (Å²) < 4.78 is 17.1. The monoisotopic (exact) mass is 470 g/mol. The van der Waals surface area contributed by atoms with Crippen molar-refractivity contribution in [1.82, 2.24) is 0 Å². The number of phenols is 2. The minimum Gasteiger partial charge on any atom is -0.508 e. The van der Waals surface area contributed by atoms with E-state index in [2.05, 4.69) is 6.58 Å². The number of hydrogen-bond donors (Lipinski definition) is 3. The van der Waals surface area contributed by atoms with E-state index >= 15 is 0 Å². The zero-order valence-corrected chi connectivity index (χ0v) is 20.5. The highest BCUT2D eigenvalue weighted by atomic mass is 16.5. The molecule has 34 heavy (non-hydrogen) atoms. The maximum atomic E-state index is 13.3. The van der Waals surface area contributed by atoms with Crippen LogP contribution in [-0.2, 0) is 6.42 Å². The van der Waals surface area contributed by atoms with Crippen LogP contribution < -0.4 is 14.2 Å².